The molecule has 140 valence electrons. The first-order valence-corrected chi connectivity index (χ1v) is 7.82. The smallest absolute Gasteiger partial charge is 0.411 e. The molecule has 1 aromatic rings. The number of nitrogens with one attached hydrogen (secondary N) is 1. The van der Waals surface area contributed by atoms with E-state index in [2.05, 4.69) is 22.0 Å². The molecule has 0 saturated carbocycles. The zero-order valence-corrected chi connectivity index (χ0v) is 15.5. The Morgan fingerprint density at radius 3 is 2.36 bits per heavy atom. The van der Waals surface area contributed by atoms with Gasteiger partial charge in [0, 0.05) is 18.8 Å². The Kier molecular flexibility index (Phi) is 7.62. The van der Waals surface area contributed by atoms with Crippen molar-refractivity contribution in [3.63, 3.8) is 0 Å². The molecule has 9 heteroatoms. The van der Waals surface area contributed by atoms with Gasteiger partial charge in [0.15, 0.2) is 6.54 Å². The van der Waals surface area contributed by atoms with Crippen molar-refractivity contribution in [3.05, 3.63) is 24.3 Å². The fourth-order valence-electron chi connectivity index (χ4n) is 2.60. The lowest BCUT2D eigenvalue weighted by Crippen LogP contribution is -3.00. The molecule has 1 heterocycles. The summed E-state index contributed by atoms with van der Waals surface area (Å²) in [5.74, 6) is -0.351. The second kappa shape index (κ2) is 9.00. The third kappa shape index (κ3) is 5.86. The standard InChI is InChI=1S/C16H24N4O4.ClH/c1-18-8-10-20(2,11-9-18)12-15(21)19(23)14-6-4-13(5-7-14)17-16(22)24-3;/h4-7,23H,8-12H2,1-3H3;1H. The van der Waals surface area contributed by atoms with E-state index in [-0.39, 0.29) is 24.9 Å². The van der Waals surface area contributed by atoms with Crippen molar-refractivity contribution in [2.75, 3.05) is 64.3 Å². The van der Waals surface area contributed by atoms with E-state index in [0.717, 1.165) is 26.2 Å². The van der Waals surface area contributed by atoms with Gasteiger partial charge in [0.05, 0.1) is 32.9 Å². The van der Waals surface area contributed by atoms with Crippen molar-refractivity contribution in [2.24, 2.45) is 0 Å². The van der Waals surface area contributed by atoms with Crippen LogP contribution >= 0.6 is 0 Å². The summed E-state index contributed by atoms with van der Waals surface area (Å²) in [6.45, 7) is 3.86. The van der Waals surface area contributed by atoms with Gasteiger partial charge in [0.25, 0.3) is 0 Å². The zero-order chi connectivity index (χ0) is 17.7. The maximum absolute atomic E-state index is 12.4. The fraction of sp³-hybridized carbons (Fsp3) is 0.500. The number of hydrogen-bond donors (Lipinski definition) is 2. The number of methoxy groups -OCH3 is 1. The highest BCUT2D eigenvalue weighted by Crippen LogP contribution is 2.18. The first kappa shape index (κ1) is 21.2. The predicted molar refractivity (Wildman–Crippen MR) is 90.0 cm³/mol. The number of benzene rings is 1. The van der Waals surface area contributed by atoms with E-state index >= 15 is 0 Å². The number of carbonyl (C=O) groups excluding carboxylic acids is 2. The van der Waals surface area contributed by atoms with Gasteiger partial charge in [0.2, 0.25) is 0 Å². The third-order valence-electron chi connectivity index (χ3n) is 4.34. The topological polar surface area (TPSA) is 82.1 Å². The number of quaternary nitrogens is 1. The number of halogens is 1. The molecule has 25 heavy (non-hydrogen) atoms. The van der Waals surface area contributed by atoms with Gasteiger partial charge < -0.3 is 21.6 Å². The molecule has 0 radical (unpaired) electrons. The summed E-state index contributed by atoms with van der Waals surface area (Å²) < 4.78 is 5.12. The number of hydrogen-bond acceptors (Lipinski definition) is 5. The quantitative estimate of drug-likeness (QED) is 0.362. The molecular weight excluding hydrogens is 348 g/mol. The van der Waals surface area contributed by atoms with Gasteiger partial charge in [-0.3, -0.25) is 20.2 Å². The Balaban J connectivity index is 0.00000312. The number of nitrogens with zero attached hydrogens (tertiary/aromatic N) is 3. The van der Waals surface area contributed by atoms with Crippen LogP contribution in [0.3, 0.4) is 0 Å². The molecule has 1 aliphatic rings. The van der Waals surface area contributed by atoms with Gasteiger partial charge in [-0.25, -0.2) is 4.79 Å². The molecule has 2 amide bonds. The van der Waals surface area contributed by atoms with Gasteiger partial charge >= 0.3 is 12.0 Å². The van der Waals surface area contributed by atoms with E-state index < -0.39 is 6.09 Å². The summed E-state index contributed by atoms with van der Waals surface area (Å²) in [4.78, 5) is 25.7. The van der Waals surface area contributed by atoms with Crippen molar-refractivity contribution >= 4 is 23.4 Å². The predicted octanol–water partition coefficient (Wildman–Crippen LogP) is -2.02. The summed E-state index contributed by atoms with van der Waals surface area (Å²) in [5.41, 5.74) is 0.876. The summed E-state index contributed by atoms with van der Waals surface area (Å²) in [7, 11) is 5.37. The molecule has 0 aromatic heterocycles. The molecular formula is C16H25ClN4O4. The Labute approximate surface area is 153 Å². The first-order valence-electron chi connectivity index (χ1n) is 7.82. The number of likely N-dealkylation sites (N-methyl/N-ethyl adjacent to an activating group) is 2. The van der Waals surface area contributed by atoms with E-state index in [1.54, 1.807) is 24.3 Å². The molecule has 0 atom stereocenters. The number of anilines is 2. The number of carbonyl (C=O) groups is 2. The van der Waals surface area contributed by atoms with Crippen molar-refractivity contribution < 1.29 is 36.4 Å². The molecule has 0 aliphatic carbocycles. The summed E-state index contributed by atoms with van der Waals surface area (Å²) >= 11 is 0. The van der Waals surface area contributed by atoms with Crippen LogP contribution < -0.4 is 22.8 Å². The summed E-state index contributed by atoms with van der Waals surface area (Å²) in [6.07, 6.45) is -0.577. The lowest BCUT2D eigenvalue weighted by atomic mass is 10.2. The van der Waals surface area contributed by atoms with Crippen molar-refractivity contribution in [2.45, 2.75) is 0 Å². The van der Waals surface area contributed by atoms with Crippen LogP contribution in [0.2, 0.25) is 0 Å². The minimum Gasteiger partial charge on any atom is -1.00 e. The van der Waals surface area contributed by atoms with Crippen LogP contribution in [0.5, 0.6) is 0 Å². The summed E-state index contributed by atoms with van der Waals surface area (Å²) in [5, 5.41) is 13.3. The number of rotatable bonds is 4. The molecule has 0 spiro atoms. The van der Waals surface area contributed by atoms with E-state index in [9.17, 15) is 14.8 Å². The van der Waals surface area contributed by atoms with Crippen LogP contribution in [0.15, 0.2) is 24.3 Å². The molecule has 8 nitrogen and oxygen atoms in total. The Hall–Kier alpha value is -1.87. The maximum atomic E-state index is 12.4. The lowest BCUT2D eigenvalue weighted by molar-refractivity contribution is -0.906. The van der Waals surface area contributed by atoms with Gasteiger partial charge in [-0.05, 0) is 31.3 Å². The van der Waals surface area contributed by atoms with E-state index in [4.69, 9.17) is 0 Å². The largest absolute Gasteiger partial charge is 1.00 e. The Morgan fingerprint density at radius 2 is 1.84 bits per heavy atom. The van der Waals surface area contributed by atoms with Crippen LogP contribution in [0.4, 0.5) is 16.2 Å². The van der Waals surface area contributed by atoms with Gasteiger partial charge in [-0.15, -0.1) is 0 Å². The van der Waals surface area contributed by atoms with Crippen molar-refractivity contribution in [1.82, 2.24) is 4.90 Å². The fourth-order valence-corrected chi connectivity index (χ4v) is 2.60. The van der Waals surface area contributed by atoms with Crippen LogP contribution in [-0.4, -0.2) is 80.5 Å². The van der Waals surface area contributed by atoms with Gasteiger partial charge in [-0.1, -0.05) is 0 Å². The van der Waals surface area contributed by atoms with E-state index in [0.29, 0.717) is 20.9 Å². The van der Waals surface area contributed by atoms with Crippen LogP contribution in [-0.2, 0) is 9.53 Å². The SMILES string of the molecule is COC(=O)Nc1ccc(N(O)C(=O)C[N+]2(C)CCN(C)CC2)cc1.[Cl-]. The molecule has 1 aliphatic heterocycles. The second-order valence-corrected chi connectivity index (χ2v) is 6.40. The minimum absolute atomic E-state index is 0. The van der Waals surface area contributed by atoms with Crippen molar-refractivity contribution in [1.29, 1.82) is 0 Å². The number of hydroxylamine groups is 1. The average Bonchev–Trinajstić information content (AvgIpc) is 2.57. The molecule has 1 aromatic carbocycles. The molecule has 1 saturated heterocycles. The van der Waals surface area contributed by atoms with Crippen LogP contribution in [0.25, 0.3) is 0 Å². The third-order valence-corrected chi connectivity index (χ3v) is 4.34. The number of piperazine rings is 1. The van der Waals surface area contributed by atoms with Crippen LogP contribution in [0.1, 0.15) is 0 Å². The highest BCUT2D eigenvalue weighted by molar-refractivity contribution is 5.92. The second-order valence-electron chi connectivity index (χ2n) is 6.40. The molecule has 2 N–H and O–H groups in total. The highest BCUT2D eigenvalue weighted by atomic mass is 35.5. The maximum Gasteiger partial charge on any atom is 0.411 e. The highest BCUT2D eigenvalue weighted by Gasteiger charge is 2.31. The molecule has 1 fully saturated rings. The number of amides is 2. The van der Waals surface area contributed by atoms with Crippen molar-refractivity contribution in [3.8, 4) is 0 Å². The Morgan fingerprint density at radius 1 is 1.28 bits per heavy atom. The van der Waals surface area contributed by atoms with Crippen LogP contribution in [0, 0.1) is 0 Å². The first-order chi connectivity index (χ1) is 11.3. The van der Waals surface area contributed by atoms with E-state index in [1.807, 2.05) is 7.05 Å². The monoisotopic (exact) mass is 372 g/mol. The summed E-state index contributed by atoms with van der Waals surface area (Å²) in [6, 6.07) is 6.31. The molecule has 2 rings (SSSR count). The lowest BCUT2D eigenvalue weighted by Gasteiger charge is -2.40. The normalized spacial score (nSPS) is 16.5. The molecule has 0 bridgehead atoms. The zero-order valence-electron chi connectivity index (χ0n) is 14.7. The van der Waals surface area contributed by atoms with Gasteiger partial charge in [-0.2, -0.15) is 5.06 Å². The Bertz CT molecular complexity index is 588. The number of ether oxygens (including phenoxy) is 1. The minimum atomic E-state index is -0.577. The molecule has 0 unspecified atom stereocenters. The van der Waals surface area contributed by atoms with Gasteiger partial charge in [0.1, 0.15) is 0 Å². The average molecular weight is 373 g/mol. The van der Waals surface area contributed by atoms with E-state index in [1.165, 1.54) is 7.11 Å².